The SMILES string of the molecule is CCCCC(CC)CN(Cc1cc2c(cn1)OCCO2)C(=O)C(F)(F)F. The molecule has 0 aliphatic carbocycles. The first kappa shape index (κ1) is 20.3. The van der Waals surface area contributed by atoms with Crippen molar-refractivity contribution >= 4 is 5.91 Å². The van der Waals surface area contributed by atoms with E-state index in [9.17, 15) is 18.0 Å². The van der Waals surface area contributed by atoms with Gasteiger partial charge >= 0.3 is 12.1 Å². The van der Waals surface area contributed by atoms with Gasteiger partial charge in [-0.1, -0.05) is 33.1 Å². The summed E-state index contributed by atoms with van der Waals surface area (Å²) in [6.45, 7) is 4.59. The Morgan fingerprint density at radius 3 is 2.58 bits per heavy atom. The van der Waals surface area contributed by atoms with Crippen molar-refractivity contribution in [3.05, 3.63) is 18.0 Å². The summed E-state index contributed by atoms with van der Waals surface area (Å²) >= 11 is 0. The van der Waals surface area contributed by atoms with E-state index in [4.69, 9.17) is 9.47 Å². The Morgan fingerprint density at radius 2 is 1.96 bits per heavy atom. The van der Waals surface area contributed by atoms with Gasteiger partial charge < -0.3 is 14.4 Å². The van der Waals surface area contributed by atoms with E-state index < -0.39 is 12.1 Å². The van der Waals surface area contributed by atoms with Crippen molar-refractivity contribution in [3.8, 4) is 11.5 Å². The molecule has 0 saturated carbocycles. The highest BCUT2D eigenvalue weighted by Crippen LogP contribution is 2.30. The van der Waals surface area contributed by atoms with Crippen LogP contribution in [0.1, 0.15) is 45.2 Å². The summed E-state index contributed by atoms with van der Waals surface area (Å²) in [4.78, 5) is 16.9. The zero-order chi connectivity index (χ0) is 19.2. The van der Waals surface area contributed by atoms with E-state index in [0.717, 1.165) is 30.6 Å². The van der Waals surface area contributed by atoms with Crippen LogP contribution in [0.4, 0.5) is 13.2 Å². The average Bonchev–Trinajstić information content (AvgIpc) is 2.62. The maximum atomic E-state index is 13.0. The second-order valence-electron chi connectivity index (χ2n) is 6.42. The maximum absolute atomic E-state index is 13.0. The summed E-state index contributed by atoms with van der Waals surface area (Å²) in [5.74, 6) is -0.899. The molecule has 8 heteroatoms. The zero-order valence-electron chi connectivity index (χ0n) is 15.1. The van der Waals surface area contributed by atoms with Crippen LogP contribution in [0, 0.1) is 5.92 Å². The number of ether oxygens (including phenoxy) is 2. The molecule has 1 aliphatic rings. The van der Waals surface area contributed by atoms with Crippen LogP contribution >= 0.6 is 0 Å². The van der Waals surface area contributed by atoms with E-state index in [0.29, 0.717) is 30.4 Å². The summed E-state index contributed by atoms with van der Waals surface area (Å²) < 4.78 is 49.9. The molecular formula is C18H25F3N2O3. The second-order valence-corrected chi connectivity index (χ2v) is 6.42. The molecule has 0 spiro atoms. The van der Waals surface area contributed by atoms with Gasteiger partial charge in [0.1, 0.15) is 13.2 Å². The standard InChI is InChI=1S/C18H25F3N2O3/c1-3-5-6-13(4-2)11-23(17(24)18(19,20)21)12-14-9-15-16(10-22-14)26-8-7-25-15/h9-10,13H,3-8,11-12H2,1-2H3. The van der Waals surface area contributed by atoms with Gasteiger partial charge in [-0.2, -0.15) is 13.2 Å². The van der Waals surface area contributed by atoms with Crippen molar-refractivity contribution < 1.29 is 27.4 Å². The molecule has 0 aromatic carbocycles. The summed E-state index contributed by atoms with van der Waals surface area (Å²) in [7, 11) is 0. The second kappa shape index (κ2) is 9.09. The number of carbonyl (C=O) groups is 1. The Bertz CT molecular complexity index is 608. The Morgan fingerprint density at radius 1 is 1.27 bits per heavy atom. The number of fused-ring (bicyclic) bond motifs is 1. The van der Waals surface area contributed by atoms with Crippen LogP contribution in [-0.4, -0.2) is 41.7 Å². The highest BCUT2D eigenvalue weighted by Gasteiger charge is 2.43. The minimum absolute atomic E-state index is 0.0264. The number of hydrogen-bond acceptors (Lipinski definition) is 4. The molecule has 0 radical (unpaired) electrons. The van der Waals surface area contributed by atoms with Gasteiger partial charge in [-0.05, 0) is 12.3 Å². The Labute approximate surface area is 151 Å². The first-order valence-electron chi connectivity index (χ1n) is 8.95. The van der Waals surface area contributed by atoms with Gasteiger partial charge in [-0.25, -0.2) is 0 Å². The third kappa shape index (κ3) is 5.51. The number of hydrogen-bond donors (Lipinski definition) is 0. The smallest absolute Gasteiger partial charge is 0.471 e. The molecule has 1 aliphatic heterocycles. The molecule has 26 heavy (non-hydrogen) atoms. The molecule has 1 aromatic heterocycles. The minimum Gasteiger partial charge on any atom is -0.486 e. The zero-order valence-corrected chi connectivity index (χ0v) is 15.1. The molecule has 1 amide bonds. The first-order valence-corrected chi connectivity index (χ1v) is 8.95. The largest absolute Gasteiger partial charge is 0.486 e. The minimum atomic E-state index is -4.91. The predicted molar refractivity (Wildman–Crippen MR) is 90.0 cm³/mol. The Kier molecular flexibility index (Phi) is 7.11. The molecular weight excluding hydrogens is 349 g/mol. The maximum Gasteiger partial charge on any atom is 0.471 e. The van der Waals surface area contributed by atoms with E-state index >= 15 is 0 Å². The number of unbranched alkanes of at least 4 members (excludes halogenated alkanes) is 1. The number of rotatable bonds is 8. The number of pyridine rings is 1. The summed E-state index contributed by atoms with van der Waals surface area (Å²) in [5, 5.41) is 0. The van der Waals surface area contributed by atoms with Crippen LogP contribution in [0.15, 0.2) is 12.3 Å². The molecule has 0 bridgehead atoms. The lowest BCUT2D eigenvalue weighted by Crippen LogP contribution is -2.43. The predicted octanol–water partition coefficient (Wildman–Crippen LogP) is 3.96. The highest BCUT2D eigenvalue weighted by molar-refractivity contribution is 5.81. The van der Waals surface area contributed by atoms with E-state index in [1.54, 1.807) is 0 Å². The number of nitrogens with zero attached hydrogens (tertiary/aromatic N) is 2. The van der Waals surface area contributed by atoms with Crippen LogP contribution in [-0.2, 0) is 11.3 Å². The number of amides is 1. The summed E-state index contributed by atoms with van der Waals surface area (Å²) in [5.41, 5.74) is 0.345. The van der Waals surface area contributed by atoms with Crippen LogP contribution in [0.5, 0.6) is 11.5 Å². The van der Waals surface area contributed by atoms with Gasteiger partial charge in [0.25, 0.3) is 0 Å². The van der Waals surface area contributed by atoms with Crippen molar-refractivity contribution in [2.75, 3.05) is 19.8 Å². The van der Waals surface area contributed by atoms with Crippen LogP contribution in [0.2, 0.25) is 0 Å². The lowest BCUT2D eigenvalue weighted by atomic mass is 9.98. The number of aromatic nitrogens is 1. The first-order chi connectivity index (χ1) is 12.3. The van der Waals surface area contributed by atoms with Crippen molar-refractivity contribution in [2.45, 2.75) is 52.3 Å². The molecule has 1 atom stereocenters. The van der Waals surface area contributed by atoms with E-state index in [1.807, 2.05) is 13.8 Å². The van der Waals surface area contributed by atoms with Crippen molar-refractivity contribution in [3.63, 3.8) is 0 Å². The summed E-state index contributed by atoms with van der Waals surface area (Å²) in [6, 6.07) is 1.54. The molecule has 0 fully saturated rings. The molecule has 2 rings (SSSR count). The highest BCUT2D eigenvalue weighted by atomic mass is 19.4. The van der Waals surface area contributed by atoms with Gasteiger partial charge in [0, 0.05) is 12.6 Å². The van der Waals surface area contributed by atoms with Crippen LogP contribution in [0.25, 0.3) is 0 Å². The van der Waals surface area contributed by atoms with Gasteiger partial charge in [-0.15, -0.1) is 0 Å². The average molecular weight is 374 g/mol. The molecule has 0 N–H and O–H groups in total. The normalized spacial score (nSPS) is 14.8. The van der Waals surface area contributed by atoms with Gasteiger partial charge in [-0.3, -0.25) is 9.78 Å². The Hall–Kier alpha value is -1.99. The quantitative estimate of drug-likeness (QED) is 0.691. The fourth-order valence-electron chi connectivity index (χ4n) is 2.90. The Balaban J connectivity index is 2.16. The number of halogens is 3. The molecule has 0 saturated heterocycles. The fraction of sp³-hybridized carbons (Fsp3) is 0.667. The van der Waals surface area contributed by atoms with Crippen molar-refractivity contribution in [1.82, 2.24) is 9.88 Å². The van der Waals surface area contributed by atoms with E-state index in [2.05, 4.69) is 4.98 Å². The summed E-state index contributed by atoms with van der Waals surface area (Å²) in [6.07, 6.45) is -0.0764. The molecule has 2 heterocycles. The molecule has 146 valence electrons. The third-order valence-corrected chi connectivity index (χ3v) is 4.39. The molecule has 1 unspecified atom stereocenters. The third-order valence-electron chi connectivity index (χ3n) is 4.39. The topological polar surface area (TPSA) is 51.7 Å². The monoisotopic (exact) mass is 374 g/mol. The fourth-order valence-corrected chi connectivity index (χ4v) is 2.90. The van der Waals surface area contributed by atoms with Crippen LogP contribution in [0.3, 0.4) is 0 Å². The molecule has 1 aromatic rings. The molecule has 5 nitrogen and oxygen atoms in total. The van der Waals surface area contributed by atoms with E-state index in [-0.39, 0.29) is 19.0 Å². The van der Waals surface area contributed by atoms with Crippen molar-refractivity contribution in [1.29, 1.82) is 0 Å². The lowest BCUT2D eigenvalue weighted by Gasteiger charge is -2.28. The van der Waals surface area contributed by atoms with Crippen LogP contribution < -0.4 is 9.47 Å². The van der Waals surface area contributed by atoms with Crippen molar-refractivity contribution in [2.24, 2.45) is 5.92 Å². The van der Waals surface area contributed by atoms with Gasteiger partial charge in [0.2, 0.25) is 0 Å². The van der Waals surface area contributed by atoms with E-state index in [1.165, 1.54) is 12.3 Å². The lowest BCUT2D eigenvalue weighted by molar-refractivity contribution is -0.186. The number of alkyl halides is 3. The number of carbonyl (C=O) groups excluding carboxylic acids is 1. The van der Waals surface area contributed by atoms with Gasteiger partial charge in [0.05, 0.1) is 18.4 Å². The van der Waals surface area contributed by atoms with Gasteiger partial charge in [0.15, 0.2) is 11.5 Å².